The molecule has 0 aliphatic heterocycles. The van der Waals surface area contributed by atoms with Gasteiger partial charge in [0.05, 0.1) is 29.7 Å². The number of rotatable bonds is 6. The number of aromatic nitrogens is 2. The number of carbonyl (C=O) groups is 1. The van der Waals surface area contributed by atoms with Crippen molar-refractivity contribution in [2.45, 2.75) is 27.3 Å². The molecule has 0 bridgehead atoms. The molecule has 1 amide bonds. The topological polar surface area (TPSA) is 56.1 Å². The van der Waals surface area contributed by atoms with E-state index in [4.69, 9.17) is 4.74 Å². The molecule has 3 rings (SSSR count). The van der Waals surface area contributed by atoms with Crippen LogP contribution in [0.3, 0.4) is 0 Å². The minimum atomic E-state index is -0.145. The van der Waals surface area contributed by atoms with E-state index >= 15 is 0 Å². The zero-order chi connectivity index (χ0) is 18.5. The van der Waals surface area contributed by atoms with E-state index < -0.39 is 0 Å². The van der Waals surface area contributed by atoms with Gasteiger partial charge in [-0.25, -0.2) is 4.68 Å². The van der Waals surface area contributed by atoms with Gasteiger partial charge in [-0.3, -0.25) is 4.79 Å². The smallest absolute Gasteiger partial charge is 0.255 e. The Bertz CT molecular complexity index is 915. The summed E-state index contributed by atoms with van der Waals surface area (Å²) in [6.07, 6.45) is 1.62. The van der Waals surface area contributed by atoms with Crippen LogP contribution in [-0.2, 0) is 6.54 Å². The van der Waals surface area contributed by atoms with E-state index in [-0.39, 0.29) is 5.91 Å². The molecule has 134 valence electrons. The van der Waals surface area contributed by atoms with Crippen molar-refractivity contribution in [1.82, 2.24) is 15.1 Å². The van der Waals surface area contributed by atoms with E-state index in [2.05, 4.69) is 10.4 Å². The van der Waals surface area contributed by atoms with Gasteiger partial charge in [0.1, 0.15) is 5.75 Å². The number of nitrogens with one attached hydrogen (secondary N) is 1. The molecule has 2 aromatic carbocycles. The van der Waals surface area contributed by atoms with Crippen molar-refractivity contribution in [2.75, 3.05) is 6.61 Å². The lowest BCUT2D eigenvalue weighted by Crippen LogP contribution is -2.23. The predicted octanol–water partition coefficient (Wildman–Crippen LogP) is 3.82. The highest BCUT2D eigenvalue weighted by Gasteiger charge is 2.16. The van der Waals surface area contributed by atoms with Gasteiger partial charge in [-0.1, -0.05) is 36.4 Å². The van der Waals surface area contributed by atoms with Crippen LogP contribution in [-0.4, -0.2) is 22.3 Å². The second-order valence-electron chi connectivity index (χ2n) is 6.07. The number of aryl methyl sites for hydroxylation is 1. The molecular formula is C21H23N3O2. The minimum absolute atomic E-state index is 0.145. The molecule has 0 radical (unpaired) electrons. The first-order valence-corrected chi connectivity index (χ1v) is 8.71. The predicted molar refractivity (Wildman–Crippen MR) is 102 cm³/mol. The summed E-state index contributed by atoms with van der Waals surface area (Å²) in [6, 6.07) is 15.7. The van der Waals surface area contributed by atoms with Crippen molar-refractivity contribution in [2.24, 2.45) is 0 Å². The summed E-state index contributed by atoms with van der Waals surface area (Å²) in [5.74, 6) is 0.649. The van der Waals surface area contributed by atoms with Gasteiger partial charge < -0.3 is 10.1 Å². The number of para-hydroxylation sites is 2. The highest BCUT2D eigenvalue weighted by Crippen LogP contribution is 2.19. The molecule has 1 N–H and O–H groups in total. The molecule has 3 aromatic rings. The summed E-state index contributed by atoms with van der Waals surface area (Å²) in [5, 5.41) is 7.36. The third kappa shape index (κ3) is 3.61. The Morgan fingerprint density at radius 3 is 2.62 bits per heavy atom. The number of nitrogens with zero attached hydrogens (tertiary/aromatic N) is 2. The lowest BCUT2D eigenvalue weighted by atomic mass is 10.1. The molecule has 0 saturated carbocycles. The molecule has 5 heteroatoms. The number of carbonyl (C=O) groups excluding carboxylic acids is 1. The van der Waals surface area contributed by atoms with Gasteiger partial charge in [-0.05, 0) is 38.5 Å². The van der Waals surface area contributed by atoms with E-state index in [1.54, 1.807) is 10.9 Å². The average Bonchev–Trinajstić information content (AvgIpc) is 3.03. The number of benzene rings is 2. The van der Waals surface area contributed by atoms with Crippen LogP contribution in [0.2, 0.25) is 0 Å². The van der Waals surface area contributed by atoms with E-state index in [9.17, 15) is 4.79 Å². The second-order valence-corrected chi connectivity index (χ2v) is 6.07. The summed E-state index contributed by atoms with van der Waals surface area (Å²) in [4.78, 5) is 12.6. The van der Waals surface area contributed by atoms with Crippen LogP contribution in [0.5, 0.6) is 5.75 Å². The van der Waals surface area contributed by atoms with Crippen LogP contribution in [0, 0.1) is 13.8 Å². The largest absolute Gasteiger partial charge is 0.494 e. The summed E-state index contributed by atoms with van der Waals surface area (Å²) in [6.45, 7) is 6.87. The van der Waals surface area contributed by atoms with Crippen molar-refractivity contribution in [3.8, 4) is 11.4 Å². The Labute approximate surface area is 153 Å². The van der Waals surface area contributed by atoms with Crippen molar-refractivity contribution < 1.29 is 9.53 Å². The first-order valence-electron chi connectivity index (χ1n) is 8.71. The van der Waals surface area contributed by atoms with E-state index in [1.165, 1.54) is 0 Å². The minimum Gasteiger partial charge on any atom is -0.494 e. The van der Waals surface area contributed by atoms with E-state index in [1.807, 2.05) is 69.3 Å². The fourth-order valence-corrected chi connectivity index (χ4v) is 2.89. The van der Waals surface area contributed by atoms with Gasteiger partial charge in [-0.2, -0.15) is 5.10 Å². The molecule has 0 aliphatic rings. The number of hydrogen-bond donors (Lipinski definition) is 1. The molecular weight excluding hydrogens is 326 g/mol. The fourth-order valence-electron chi connectivity index (χ4n) is 2.89. The summed E-state index contributed by atoms with van der Waals surface area (Å²) < 4.78 is 7.41. The van der Waals surface area contributed by atoms with Crippen molar-refractivity contribution in [1.29, 1.82) is 0 Å². The second kappa shape index (κ2) is 7.87. The maximum Gasteiger partial charge on any atom is 0.255 e. The standard InChI is InChI=1S/C21H23N3O2/c1-4-26-20-12-8-6-10-17(20)13-22-21(25)18-14-23-24(16(18)3)19-11-7-5-9-15(19)2/h5-12,14H,4,13H2,1-3H3,(H,22,25). The lowest BCUT2D eigenvalue weighted by molar-refractivity contribution is 0.0950. The highest BCUT2D eigenvalue weighted by atomic mass is 16.5. The van der Waals surface area contributed by atoms with Crippen molar-refractivity contribution in [3.63, 3.8) is 0 Å². The Morgan fingerprint density at radius 1 is 1.12 bits per heavy atom. The Balaban J connectivity index is 1.77. The number of ether oxygens (including phenoxy) is 1. The van der Waals surface area contributed by atoms with Gasteiger partial charge in [0, 0.05) is 12.1 Å². The molecule has 1 aromatic heterocycles. The van der Waals surface area contributed by atoms with E-state index in [0.29, 0.717) is 18.7 Å². The SMILES string of the molecule is CCOc1ccccc1CNC(=O)c1cnn(-c2ccccc2C)c1C. The van der Waals surface area contributed by atoms with Crippen LogP contribution in [0.15, 0.2) is 54.7 Å². The normalized spacial score (nSPS) is 10.6. The summed E-state index contributed by atoms with van der Waals surface area (Å²) in [5.41, 5.74) is 4.42. The van der Waals surface area contributed by atoms with Crippen molar-refractivity contribution in [3.05, 3.63) is 77.1 Å². The zero-order valence-corrected chi connectivity index (χ0v) is 15.3. The first-order chi connectivity index (χ1) is 12.6. The summed E-state index contributed by atoms with van der Waals surface area (Å²) >= 11 is 0. The third-order valence-electron chi connectivity index (χ3n) is 4.31. The van der Waals surface area contributed by atoms with Crippen LogP contribution in [0.25, 0.3) is 5.69 Å². The number of amides is 1. The molecule has 5 nitrogen and oxygen atoms in total. The van der Waals surface area contributed by atoms with Gasteiger partial charge in [0.2, 0.25) is 0 Å². The maximum atomic E-state index is 12.6. The van der Waals surface area contributed by atoms with E-state index in [0.717, 1.165) is 28.3 Å². The van der Waals surface area contributed by atoms with Gasteiger partial charge >= 0.3 is 0 Å². The van der Waals surface area contributed by atoms with Gasteiger partial charge in [0.25, 0.3) is 5.91 Å². The van der Waals surface area contributed by atoms with Crippen LogP contribution in [0.1, 0.15) is 34.1 Å². The first kappa shape index (κ1) is 17.7. The maximum absolute atomic E-state index is 12.6. The zero-order valence-electron chi connectivity index (χ0n) is 15.3. The molecule has 0 fully saturated rings. The Morgan fingerprint density at radius 2 is 1.85 bits per heavy atom. The molecule has 0 aliphatic carbocycles. The Kier molecular flexibility index (Phi) is 5.37. The molecule has 0 spiro atoms. The van der Waals surface area contributed by atoms with Crippen molar-refractivity contribution >= 4 is 5.91 Å². The fraction of sp³-hybridized carbons (Fsp3) is 0.238. The van der Waals surface area contributed by atoms with Gasteiger partial charge in [-0.15, -0.1) is 0 Å². The lowest BCUT2D eigenvalue weighted by Gasteiger charge is -2.11. The Hall–Kier alpha value is -3.08. The quantitative estimate of drug-likeness (QED) is 0.736. The molecule has 0 saturated heterocycles. The summed E-state index contributed by atoms with van der Waals surface area (Å²) in [7, 11) is 0. The monoisotopic (exact) mass is 349 g/mol. The van der Waals surface area contributed by atoms with Gasteiger partial charge in [0.15, 0.2) is 0 Å². The molecule has 0 atom stereocenters. The number of hydrogen-bond acceptors (Lipinski definition) is 3. The molecule has 1 heterocycles. The van der Waals surface area contributed by atoms with Crippen LogP contribution < -0.4 is 10.1 Å². The van der Waals surface area contributed by atoms with Crippen LogP contribution >= 0.6 is 0 Å². The van der Waals surface area contributed by atoms with Crippen LogP contribution in [0.4, 0.5) is 0 Å². The molecule has 0 unspecified atom stereocenters. The average molecular weight is 349 g/mol. The third-order valence-corrected chi connectivity index (χ3v) is 4.31. The molecule has 26 heavy (non-hydrogen) atoms. The highest BCUT2D eigenvalue weighted by molar-refractivity contribution is 5.95.